The van der Waals surface area contributed by atoms with Crippen molar-refractivity contribution in [3.8, 4) is 0 Å². The van der Waals surface area contributed by atoms with Crippen molar-refractivity contribution < 1.29 is 19.4 Å². The number of amides is 1. The molecule has 0 saturated carbocycles. The van der Waals surface area contributed by atoms with Crippen LogP contribution in [0.4, 0.5) is 0 Å². The molecule has 0 fully saturated rings. The van der Waals surface area contributed by atoms with E-state index >= 15 is 0 Å². The van der Waals surface area contributed by atoms with Crippen LogP contribution in [0, 0.1) is 13.8 Å². The molecule has 7 heteroatoms. The van der Waals surface area contributed by atoms with Crippen LogP contribution in [0.2, 0.25) is 0 Å². The summed E-state index contributed by atoms with van der Waals surface area (Å²) in [4.78, 5) is 28.0. The van der Waals surface area contributed by atoms with Gasteiger partial charge >= 0.3 is 5.97 Å². The molecule has 1 heterocycles. The third-order valence-electron chi connectivity index (χ3n) is 2.41. The molecule has 0 aromatic carbocycles. The number of aryl methyl sites for hydroxylation is 2. The van der Waals surface area contributed by atoms with Gasteiger partial charge in [0.15, 0.2) is 5.54 Å². The number of thiazole rings is 1. The Balaban J connectivity index is 2.92. The number of hydrogen-bond donors (Lipinski definition) is 2. The lowest BCUT2D eigenvalue weighted by molar-refractivity contribution is -0.145. The fourth-order valence-electron chi connectivity index (χ4n) is 1.49. The van der Waals surface area contributed by atoms with E-state index in [2.05, 4.69) is 10.3 Å². The topological polar surface area (TPSA) is 88.5 Å². The van der Waals surface area contributed by atoms with Gasteiger partial charge in [-0.05, 0) is 20.8 Å². The van der Waals surface area contributed by atoms with E-state index in [-0.39, 0.29) is 12.3 Å². The largest absolute Gasteiger partial charge is 0.479 e. The summed E-state index contributed by atoms with van der Waals surface area (Å²) in [6.07, 6.45) is 0. The lowest BCUT2D eigenvalue weighted by Gasteiger charge is -2.24. The summed E-state index contributed by atoms with van der Waals surface area (Å²) < 4.78 is 4.83. The number of ether oxygens (including phenoxy) is 1. The molecule has 1 rings (SSSR count). The van der Waals surface area contributed by atoms with Gasteiger partial charge in [-0.1, -0.05) is 0 Å². The van der Waals surface area contributed by atoms with Gasteiger partial charge in [0.05, 0.1) is 11.6 Å². The number of carbonyl (C=O) groups is 2. The van der Waals surface area contributed by atoms with Gasteiger partial charge in [-0.15, -0.1) is 11.3 Å². The monoisotopic (exact) mass is 272 g/mol. The Morgan fingerprint density at radius 2 is 2.11 bits per heavy atom. The predicted molar refractivity (Wildman–Crippen MR) is 67.0 cm³/mol. The summed E-state index contributed by atoms with van der Waals surface area (Å²) in [6, 6.07) is 0. The highest BCUT2D eigenvalue weighted by Crippen LogP contribution is 2.17. The number of carboxylic acid groups (broad SMARTS) is 1. The highest BCUT2D eigenvalue weighted by Gasteiger charge is 2.36. The summed E-state index contributed by atoms with van der Waals surface area (Å²) in [7, 11) is 1.38. The summed E-state index contributed by atoms with van der Waals surface area (Å²) in [5.41, 5.74) is -1.20. The summed E-state index contributed by atoms with van der Waals surface area (Å²) in [6.45, 7) is 4.84. The molecular weight excluding hydrogens is 256 g/mol. The number of rotatable bonds is 5. The van der Waals surface area contributed by atoms with Crippen LogP contribution >= 0.6 is 11.3 Å². The van der Waals surface area contributed by atoms with Gasteiger partial charge in [0.25, 0.3) is 5.91 Å². The molecule has 1 atom stereocenters. The Morgan fingerprint density at radius 1 is 1.50 bits per heavy atom. The molecule has 0 bridgehead atoms. The van der Waals surface area contributed by atoms with Gasteiger partial charge in [-0.25, -0.2) is 9.78 Å². The number of aromatic nitrogens is 1. The van der Waals surface area contributed by atoms with Crippen molar-refractivity contribution in [2.45, 2.75) is 26.3 Å². The molecule has 0 aliphatic rings. The van der Waals surface area contributed by atoms with Gasteiger partial charge in [-0.2, -0.15) is 0 Å². The number of nitrogens with one attached hydrogen (secondary N) is 1. The van der Waals surface area contributed by atoms with E-state index in [1.807, 2.05) is 0 Å². The number of carbonyl (C=O) groups excluding carboxylic acids is 1. The Kier molecular flexibility index (Phi) is 4.42. The normalized spacial score (nSPS) is 14.0. The fourth-order valence-corrected chi connectivity index (χ4v) is 2.30. The van der Waals surface area contributed by atoms with Crippen LogP contribution < -0.4 is 5.32 Å². The minimum Gasteiger partial charge on any atom is -0.479 e. The first-order chi connectivity index (χ1) is 8.30. The van der Waals surface area contributed by atoms with E-state index in [1.54, 1.807) is 13.8 Å². The van der Waals surface area contributed by atoms with Crippen LogP contribution in [0.3, 0.4) is 0 Å². The molecule has 0 aliphatic carbocycles. The van der Waals surface area contributed by atoms with Crippen LogP contribution in [0.15, 0.2) is 0 Å². The van der Waals surface area contributed by atoms with E-state index in [9.17, 15) is 9.59 Å². The van der Waals surface area contributed by atoms with Gasteiger partial charge < -0.3 is 15.2 Å². The third kappa shape index (κ3) is 3.05. The molecule has 1 aromatic heterocycles. The minimum absolute atomic E-state index is 0.115. The SMILES string of the molecule is COCC(C)(NC(=O)c1nc(C)sc1C)C(=O)O. The van der Waals surface area contributed by atoms with Gasteiger partial charge in [-0.3, -0.25) is 4.79 Å². The molecule has 1 unspecified atom stereocenters. The van der Waals surface area contributed by atoms with Crippen molar-refractivity contribution in [2.75, 3.05) is 13.7 Å². The molecule has 1 amide bonds. The molecule has 0 radical (unpaired) electrons. The zero-order chi connectivity index (χ0) is 13.9. The average Bonchev–Trinajstić information content (AvgIpc) is 2.57. The van der Waals surface area contributed by atoms with E-state index in [0.717, 1.165) is 9.88 Å². The van der Waals surface area contributed by atoms with Crippen LogP contribution in [0.1, 0.15) is 27.3 Å². The highest BCUT2D eigenvalue weighted by atomic mass is 32.1. The van der Waals surface area contributed by atoms with Gasteiger partial charge in [0, 0.05) is 12.0 Å². The molecule has 100 valence electrons. The summed E-state index contributed by atoms with van der Waals surface area (Å²) in [5, 5.41) is 12.3. The molecule has 0 aliphatic heterocycles. The number of aliphatic carboxylic acids is 1. The molecule has 2 N–H and O–H groups in total. The van der Waals surface area contributed by atoms with E-state index in [0.29, 0.717) is 0 Å². The third-order valence-corrected chi connectivity index (χ3v) is 3.30. The maximum absolute atomic E-state index is 12.0. The zero-order valence-electron chi connectivity index (χ0n) is 10.7. The Labute approximate surface area is 109 Å². The van der Waals surface area contributed by atoms with Crippen LogP contribution in [-0.4, -0.2) is 41.2 Å². The van der Waals surface area contributed by atoms with E-state index < -0.39 is 17.4 Å². The minimum atomic E-state index is -1.46. The number of methoxy groups -OCH3 is 1. The molecule has 0 spiro atoms. The second-order valence-electron chi connectivity index (χ2n) is 4.16. The lowest BCUT2D eigenvalue weighted by atomic mass is 10.0. The molecule has 6 nitrogen and oxygen atoms in total. The maximum Gasteiger partial charge on any atom is 0.331 e. The van der Waals surface area contributed by atoms with Crippen LogP contribution in [-0.2, 0) is 9.53 Å². The zero-order valence-corrected chi connectivity index (χ0v) is 11.6. The van der Waals surface area contributed by atoms with Crippen molar-refractivity contribution in [2.24, 2.45) is 0 Å². The van der Waals surface area contributed by atoms with Crippen molar-refractivity contribution in [3.05, 3.63) is 15.6 Å². The van der Waals surface area contributed by atoms with Crippen molar-refractivity contribution in [3.63, 3.8) is 0 Å². The predicted octanol–water partition coefficient (Wildman–Crippen LogP) is 0.979. The first-order valence-electron chi connectivity index (χ1n) is 5.29. The fraction of sp³-hybridized carbons (Fsp3) is 0.545. The van der Waals surface area contributed by atoms with Crippen LogP contribution in [0.25, 0.3) is 0 Å². The summed E-state index contributed by atoms with van der Waals surface area (Å²) in [5.74, 6) is -1.65. The van der Waals surface area contributed by atoms with Crippen LogP contribution in [0.5, 0.6) is 0 Å². The number of hydrogen-bond acceptors (Lipinski definition) is 5. The molecule has 0 saturated heterocycles. The smallest absolute Gasteiger partial charge is 0.331 e. The van der Waals surface area contributed by atoms with Crippen molar-refractivity contribution >= 4 is 23.2 Å². The Morgan fingerprint density at radius 3 is 2.50 bits per heavy atom. The lowest BCUT2D eigenvalue weighted by Crippen LogP contribution is -2.55. The summed E-state index contributed by atoms with van der Waals surface area (Å²) >= 11 is 1.39. The van der Waals surface area contributed by atoms with E-state index in [1.165, 1.54) is 25.4 Å². The number of carboxylic acids is 1. The quantitative estimate of drug-likeness (QED) is 0.834. The molecular formula is C11H16N2O4S. The second-order valence-corrected chi connectivity index (χ2v) is 5.57. The van der Waals surface area contributed by atoms with Gasteiger partial charge in [0.1, 0.15) is 5.69 Å². The first kappa shape index (κ1) is 14.6. The molecule has 18 heavy (non-hydrogen) atoms. The second kappa shape index (κ2) is 5.45. The van der Waals surface area contributed by atoms with Crippen molar-refractivity contribution in [1.82, 2.24) is 10.3 Å². The van der Waals surface area contributed by atoms with Crippen molar-refractivity contribution in [1.29, 1.82) is 0 Å². The maximum atomic E-state index is 12.0. The van der Waals surface area contributed by atoms with Gasteiger partial charge in [0.2, 0.25) is 0 Å². The average molecular weight is 272 g/mol. The Hall–Kier alpha value is -1.47. The Bertz CT molecular complexity index is 472. The highest BCUT2D eigenvalue weighted by molar-refractivity contribution is 7.11. The standard InChI is InChI=1S/C11H16N2O4S/c1-6-8(12-7(2)18-6)9(14)13-11(3,5-17-4)10(15)16/h5H2,1-4H3,(H,13,14)(H,15,16). The molecule has 1 aromatic rings. The van der Waals surface area contributed by atoms with E-state index in [4.69, 9.17) is 9.84 Å². The first-order valence-corrected chi connectivity index (χ1v) is 6.10. The number of nitrogens with zero attached hydrogens (tertiary/aromatic N) is 1.